The molecule has 0 aliphatic heterocycles. The number of para-hydroxylation sites is 2. The monoisotopic (exact) mass is 1160 g/mol. The SMILES string of the molecule is CC(C)(C)c1ccc2c(c1)c1cc(-c3ccc(-c4ccc5c(c4)c4ccccc4c4nccnc54)cc3)ccc1n2-c1ccccc1.Cc1ccc2c(c1)c1cc(-c3ccc(-c4ccc5c(c4)c4ccccc4c4nccnc54)cc3)ccc1n2-c1ccccc1. The average Bonchev–Trinajstić information content (AvgIpc) is 1.62. The summed E-state index contributed by atoms with van der Waals surface area (Å²) in [5.74, 6) is 0. The van der Waals surface area contributed by atoms with Crippen molar-refractivity contribution in [2.45, 2.75) is 33.1 Å². The maximum Gasteiger partial charge on any atom is 0.0971 e. The first-order valence-corrected chi connectivity index (χ1v) is 31.2. The van der Waals surface area contributed by atoms with Crippen LogP contribution in [0.4, 0.5) is 0 Å². The van der Waals surface area contributed by atoms with Crippen LogP contribution in [-0.4, -0.2) is 29.1 Å². The number of aromatic nitrogens is 6. The molecule has 0 fully saturated rings. The highest BCUT2D eigenvalue weighted by Gasteiger charge is 2.21. The van der Waals surface area contributed by atoms with E-state index in [4.69, 9.17) is 9.97 Å². The molecule has 4 aromatic heterocycles. The van der Waals surface area contributed by atoms with E-state index in [-0.39, 0.29) is 5.41 Å². The molecule has 0 spiro atoms. The van der Waals surface area contributed by atoms with Gasteiger partial charge in [-0.2, -0.15) is 0 Å². The minimum absolute atomic E-state index is 0.0678. The Morgan fingerprint density at radius 1 is 0.242 bits per heavy atom. The fourth-order valence-corrected chi connectivity index (χ4v) is 14.0. The van der Waals surface area contributed by atoms with Gasteiger partial charge in [-0.3, -0.25) is 19.9 Å². The number of rotatable bonds is 6. The molecule has 6 heteroatoms. The lowest BCUT2D eigenvalue weighted by molar-refractivity contribution is 0.591. The van der Waals surface area contributed by atoms with Gasteiger partial charge >= 0.3 is 0 Å². The molecule has 0 bridgehead atoms. The summed E-state index contributed by atoms with van der Waals surface area (Å²) in [6.45, 7) is 9.02. The van der Waals surface area contributed by atoms with Gasteiger partial charge in [-0.15, -0.1) is 0 Å². The number of nitrogens with zero attached hydrogens (tertiary/aromatic N) is 6. The summed E-state index contributed by atoms with van der Waals surface area (Å²) in [5.41, 5.74) is 23.3. The highest BCUT2D eigenvalue weighted by molar-refractivity contribution is 6.25. The quantitative estimate of drug-likeness (QED) is 0.156. The third-order valence-corrected chi connectivity index (χ3v) is 18.6. The summed E-state index contributed by atoms with van der Waals surface area (Å²) in [6.07, 6.45) is 7.11. The summed E-state index contributed by atoms with van der Waals surface area (Å²) in [5, 5.41) is 14.4. The third kappa shape index (κ3) is 9.09. The number of fused-ring (bicyclic) bond motifs is 18. The molecule has 430 valence electrons. The van der Waals surface area contributed by atoms with E-state index in [0.717, 1.165) is 43.6 Å². The zero-order valence-electron chi connectivity index (χ0n) is 50.9. The molecule has 91 heavy (non-hydrogen) atoms. The largest absolute Gasteiger partial charge is 0.309 e. The summed E-state index contributed by atoms with van der Waals surface area (Å²) in [6, 6.07) is 97.2. The second-order valence-corrected chi connectivity index (χ2v) is 25.1. The van der Waals surface area contributed by atoms with Crippen molar-refractivity contribution < 1.29 is 0 Å². The molecule has 0 N–H and O–H groups in total. The van der Waals surface area contributed by atoms with E-state index >= 15 is 0 Å². The molecule has 0 radical (unpaired) electrons. The number of hydrogen-bond acceptors (Lipinski definition) is 4. The highest BCUT2D eigenvalue weighted by atomic mass is 15.0. The van der Waals surface area contributed by atoms with E-state index in [2.05, 4.69) is 314 Å². The Kier molecular flexibility index (Phi) is 12.6. The van der Waals surface area contributed by atoms with E-state index in [9.17, 15) is 0 Å². The molecule has 0 aliphatic rings. The van der Waals surface area contributed by atoms with Crippen molar-refractivity contribution >= 4 is 109 Å². The first kappa shape index (κ1) is 53.6. The lowest BCUT2D eigenvalue weighted by atomic mass is 9.86. The van der Waals surface area contributed by atoms with Crippen LogP contribution in [0.2, 0.25) is 0 Å². The Bertz CT molecular complexity index is 5850. The van der Waals surface area contributed by atoms with Crippen LogP contribution in [0.25, 0.3) is 165 Å². The number of aryl methyl sites for hydroxylation is 1. The Morgan fingerprint density at radius 3 is 0.934 bits per heavy atom. The zero-order valence-corrected chi connectivity index (χ0v) is 50.9. The summed E-state index contributed by atoms with van der Waals surface area (Å²) >= 11 is 0. The Balaban J connectivity index is 0.000000140. The Labute approximate surface area is 526 Å². The van der Waals surface area contributed by atoms with Crippen LogP contribution in [0, 0.1) is 6.92 Å². The molecule has 18 aromatic rings. The normalized spacial score (nSPS) is 12.0. The third-order valence-electron chi connectivity index (χ3n) is 18.6. The predicted molar refractivity (Wildman–Crippen MR) is 383 cm³/mol. The predicted octanol–water partition coefficient (Wildman–Crippen LogP) is 22.3. The van der Waals surface area contributed by atoms with Crippen LogP contribution < -0.4 is 0 Å². The molecule has 0 unspecified atom stereocenters. The maximum atomic E-state index is 4.72. The van der Waals surface area contributed by atoms with Gasteiger partial charge in [0.15, 0.2) is 0 Å². The zero-order chi connectivity index (χ0) is 60.9. The van der Waals surface area contributed by atoms with Gasteiger partial charge in [-0.05, 0) is 169 Å². The van der Waals surface area contributed by atoms with Crippen LogP contribution in [0.1, 0.15) is 31.9 Å². The van der Waals surface area contributed by atoms with Crippen molar-refractivity contribution in [1.82, 2.24) is 29.1 Å². The maximum absolute atomic E-state index is 4.72. The van der Waals surface area contributed by atoms with Crippen molar-refractivity contribution in [1.29, 1.82) is 0 Å². The molecule has 4 heterocycles. The van der Waals surface area contributed by atoms with Gasteiger partial charge in [-0.25, -0.2) is 0 Å². The summed E-state index contributed by atoms with van der Waals surface area (Å²) in [4.78, 5) is 18.8. The second kappa shape index (κ2) is 21.3. The van der Waals surface area contributed by atoms with E-state index in [0.29, 0.717) is 0 Å². The summed E-state index contributed by atoms with van der Waals surface area (Å²) < 4.78 is 4.76. The molecule has 0 amide bonds. The second-order valence-electron chi connectivity index (χ2n) is 25.1. The fraction of sp³-hybridized carbons (Fsp3) is 0.0588. The summed E-state index contributed by atoms with van der Waals surface area (Å²) in [7, 11) is 0. The van der Waals surface area contributed by atoms with Gasteiger partial charge in [0, 0.05) is 79.3 Å². The molecule has 0 atom stereocenters. The van der Waals surface area contributed by atoms with Crippen LogP contribution in [0.3, 0.4) is 0 Å². The van der Waals surface area contributed by atoms with Gasteiger partial charge in [0.05, 0.1) is 44.1 Å². The van der Waals surface area contributed by atoms with Crippen LogP contribution in [0.15, 0.2) is 292 Å². The van der Waals surface area contributed by atoms with Gasteiger partial charge in [-0.1, -0.05) is 208 Å². The highest BCUT2D eigenvalue weighted by Crippen LogP contribution is 2.42. The molecule has 18 rings (SSSR count). The van der Waals surface area contributed by atoms with Gasteiger partial charge < -0.3 is 9.13 Å². The first-order valence-electron chi connectivity index (χ1n) is 31.2. The molecule has 6 nitrogen and oxygen atoms in total. The Hall–Kier alpha value is -11.6. The van der Waals surface area contributed by atoms with E-state index < -0.39 is 0 Å². The van der Waals surface area contributed by atoms with Crippen molar-refractivity contribution in [3.05, 3.63) is 303 Å². The van der Waals surface area contributed by atoms with E-state index in [1.54, 1.807) is 24.8 Å². The van der Waals surface area contributed by atoms with Gasteiger partial charge in [0.2, 0.25) is 0 Å². The minimum atomic E-state index is 0.0678. The van der Waals surface area contributed by atoms with E-state index in [1.807, 2.05) is 0 Å². The average molecular weight is 1170 g/mol. The molecule has 14 aromatic carbocycles. The van der Waals surface area contributed by atoms with Crippen LogP contribution in [0.5, 0.6) is 0 Å². The lowest BCUT2D eigenvalue weighted by Gasteiger charge is -2.19. The minimum Gasteiger partial charge on any atom is -0.309 e. The number of hydrogen-bond donors (Lipinski definition) is 0. The molecular formula is C85H60N6. The van der Waals surface area contributed by atoms with Gasteiger partial charge in [0.1, 0.15) is 0 Å². The topological polar surface area (TPSA) is 61.4 Å². The van der Waals surface area contributed by atoms with E-state index in [1.165, 1.54) is 132 Å². The number of benzene rings is 14. The molecular weight excluding hydrogens is 1100 g/mol. The first-order chi connectivity index (χ1) is 44.7. The smallest absolute Gasteiger partial charge is 0.0971 e. The molecule has 0 aliphatic carbocycles. The standard InChI is InChI=1S/C44H33N3.C41H27N3/c1-44(2,3)32-19-22-41-39(27-32)38-26-31(18-21-40(38)47(41)33-9-5-4-6-10-33)29-15-13-28(14-16-29)30-17-20-36-37(25-30)34-11-7-8-12-35(34)42-43(36)46-24-23-45-42;1-26-11-19-38-36(23-26)37-25-30(17-20-39(37)44(38)31-7-3-2-4-8-31)28-14-12-27(13-15-28)29-16-18-34-35(24-29)32-9-5-6-10-33(32)40-41(34)43-22-21-42-40/h4-27H,1-3H3;2-25H,1H3. The van der Waals surface area contributed by atoms with Crippen molar-refractivity contribution in [3.63, 3.8) is 0 Å². The fourth-order valence-electron chi connectivity index (χ4n) is 14.0. The Morgan fingerprint density at radius 2 is 0.538 bits per heavy atom. The molecule has 0 saturated carbocycles. The van der Waals surface area contributed by atoms with Crippen molar-refractivity contribution in [3.8, 4) is 55.9 Å². The molecule has 0 saturated heterocycles. The van der Waals surface area contributed by atoms with Gasteiger partial charge in [0.25, 0.3) is 0 Å². The lowest BCUT2D eigenvalue weighted by Crippen LogP contribution is -2.10. The van der Waals surface area contributed by atoms with Crippen molar-refractivity contribution in [2.24, 2.45) is 0 Å². The van der Waals surface area contributed by atoms with Crippen LogP contribution in [-0.2, 0) is 5.41 Å². The van der Waals surface area contributed by atoms with Crippen LogP contribution >= 0.6 is 0 Å². The van der Waals surface area contributed by atoms with Crippen molar-refractivity contribution in [2.75, 3.05) is 0 Å².